The third-order valence-corrected chi connectivity index (χ3v) is 6.46. The smallest absolute Gasteiger partial charge is 0.410 e. The van der Waals surface area contributed by atoms with Gasteiger partial charge in [0.05, 0.1) is 6.04 Å². The lowest BCUT2D eigenvalue weighted by atomic mass is 10.00. The lowest BCUT2D eigenvalue weighted by Gasteiger charge is -2.38. The van der Waals surface area contributed by atoms with Gasteiger partial charge in [-0.25, -0.2) is 4.79 Å². The number of cyclic esters (lactones) is 1. The van der Waals surface area contributed by atoms with Crippen LogP contribution < -0.4 is 0 Å². The fourth-order valence-electron chi connectivity index (χ4n) is 4.04. The molecular formula is C23H32N2O3S. The molecule has 1 unspecified atom stereocenters. The molecule has 2 fully saturated rings. The molecule has 5 nitrogen and oxygen atoms in total. The lowest BCUT2D eigenvalue weighted by molar-refractivity contribution is -0.132. The summed E-state index contributed by atoms with van der Waals surface area (Å²) in [4.78, 5) is 28.6. The Bertz CT molecular complexity index is 687. The van der Waals surface area contributed by atoms with Gasteiger partial charge in [-0.3, -0.25) is 9.69 Å². The number of piperidine rings is 1. The van der Waals surface area contributed by atoms with E-state index >= 15 is 0 Å². The van der Waals surface area contributed by atoms with E-state index in [0.29, 0.717) is 13.0 Å². The number of carbonyl (C=O) groups is 2. The van der Waals surface area contributed by atoms with E-state index in [9.17, 15) is 9.59 Å². The zero-order valence-corrected chi connectivity index (χ0v) is 18.1. The molecule has 1 aromatic rings. The summed E-state index contributed by atoms with van der Waals surface area (Å²) in [6, 6.07) is 10.6. The van der Waals surface area contributed by atoms with Crippen LogP contribution in [0.5, 0.6) is 0 Å². The quantitative estimate of drug-likeness (QED) is 0.544. The second kappa shape index (κ2) is 11.3. The van der Waals surface area contributed by atoms with Crippen molar-refractivity contribution >= 4 is 29.8 Å². The molecule has 29 heavy (non-hydrogen) atoms. The summed E-state index contributed by atoms with van der Waals surface area (Å²) < 4.78 is 5.31. The molecule has 2 amide bonds. The molecule has 2 heterocycles. The van der Waals surface area contributed by atoms with Gasteiger partial charge in [-0.1, -0.05) is 50.1 Å². The van der Waals surface area contributed by atoms with Crippen molar-refractivity contribution in [3.05, 3.63) is 41.3 Å². The number of rotatable bonds is 9. The van der Waals surface area contributed by atoms with Crippen molar-refractivity contribution in [3.63, 3.8) is 0 Å². The molecule has 0 spiro atoms. The lowest BCUT2D eigenvalue weighted by Crippen LogP contribution is -2.49. The highest BCUT2D eigenvalue weighted by Gasteiger charge is 2.39. The SMILES string of the molecule is CCCCC1COC(=O)N1C1CCN(C(=O)CCSC=Cc2ccccc2)CC1. The minimum atomic E-state index is -0.169. The monoisotopic (exact) mass is 416 g/mol. The average Bonchev–Trinajstić information content (AvgIpc) is 3.13. The van der Waals surface area contributed by atoms with Crippen LogP contribution in [-0.4, -0.2) is 59.3 Å². The standard InChI is InChI=1S/C23H32N2O3S/c1-2-3-9-21-18-28-23(27)25(21)20-10-14-24(15-11-20)22(26)13-17-29-16-12-19-7-5-4-6-8-19/h4-8,12,16,20-21H,2-3,9-11,13-15,17-18H2,1H3. The Morgan fingerprint density at radius 3 is 2.72 bits per heavy atom. The molecule has 0 N–H and O–H groups in total. The van der Waals surface area contributed by atoms with Crippen LogP contribution in [0.3, 0.4) is 0 Å². The molecule has 158 valence electrons. The van der Waals surface area contributed by atoms with Crippen LogP contribution in [0, 0.1) is 0 Å². The Balaban J connectivity index is 1.38. The van der Waals surface area contributed by atoms with Gasteiger partial charge in [-0.05, 0) is 36.3 Å². The predicted octanol–water partition coefficient (Wildman–Crippen LogP) is 4.78. The summed E-state index contributed by atoms with van der Waals surface area (Å²) in [6.45, 7) is 4.16. The maximum absolute atomic E-state index is 12.5. The average molecular weight is 417 g/mol. The van der Waals surface area contributed by atoms with Gasteiger partial charge in [0.2, 0.25) is 5.91 Å². The summed E-state index contributed by atoms with van der Waals surface area (Å²) in [7, 11) is 0. The molecule has 2 aliphatic rings. The van der Waals surface area contributed by atoms with Crippen molar-refractivity contribution in [2.45, 2.75) is 57.5 Å². The van der Waals surface area contributed by atoms with Crippen molar-refractivity contribution < 1.29 is 14.3 Å². The molecule has 0 aliphatic carbocycles. The first-order chi connectivity index (χ1) is 14.2. The zero-order chi connectivity index (χ0) is 20.5. The summed E-state index contributed by atoms with van der Waals surface area (Å²) in [5.74, 6) is 1.01. The molecule has 0 bridgehead atoms. The van der Waals surface area contributed by atoms with E-state index in [-0.39, 0.29) is 24.1 Å². The number of hydrogen-bond acceptors (Lipinski definition) is 4. The van der Waals surface area contributed by atoms with Crippen molar-refractivity contribution in [1.29, 1.82) is 0 Å². The van der Waals surface area contributed by atoms with E-state index in [2.05, 4.69) is 30.5 Å². The van der Waals surface area contributed by atoms with E-state index < -0.39 is 0 Å². The fourth-order valence-corrected chi connectivity index (χ4v) is 4.72. The van der Waals surface area contributed by atoms with Crippen molar-refractivity contribution in [3.8, 4) is 0 Å². The molecule has 6 heteroatoms. The highest BCUT2D eigenvalue weighted by Crippen LogP contribution is 2.26. The second-order valence-electron chi connectivity index (χ2n) is 7.73. The summed E-state index contributed by atoms with van der Waals surface area (Å²) in [5, 5.41) is 2.06. The topological polar surface area (TPSA) is 49.9 Å². The Morgan fingerprint density at radius 1 is 1.24 bits per heavy atom. The van der Waals surface area contributed by atoms with E-state index in [1.807, 2.05) is 28.0 Å². The first-order valence-electron chi connectivity index (χ1n) is 10.7. The summed E-state index contributed by atoms with van der Waals surface area (Å²) in [6.07, 6.45) is 7.42. The highest BCUT2D eigenvalue weighted by atomic mass is 32.2. The number of thioether (sulfide) groups is 1. The third-order valence-electron chi connectivity index (χ3n) is 5.69. The molecule has 2 aliphatic heterocycles. The number of likely N-dealkylation sites (tertiary alicyclic amines) is 1. The molecule has 1 aromatic carbocycles. The maximum atomic E-state index is 12.5. The van der Waals surface area contributed by atoms with Gasteiger partial charge >= 0.3 is 6.09 Å². The largest absolute Gasteiger partial charge is 0.447 e. The van der Waals surface area contributed by atoms with Crippen LogP contribution in [0.15, 0.2) is 35.7 Å². The molecule has 3 rings (SSSR count). The normalized spacial score (nSPS) is 20.4. The molecule has 0 saturated carbocycles. The number of unbranched alkanes of at least 4 members (excludes halogenated alkanes) is 1. The number of hydrogen-bond donors (Lipinski definition) is 0. The van der Waals surface area contributed by atoms with Gasteiger partial charge < -0.3 is 9.64 Å². The first-order valence-corrected chi connectivity index (χ1v) is 11.8. The van der Waals surface area contributed by atoms with Crippen molar-refractivity contribution in [2.24, 2.45) is 0 Å². The number of amides is 2. The molecular weight excluding hydrogens is 384 g/mol. The zero-order valence-electron chi connectivity index (χ0n) is 17.3. The van der Waals surface area contributed by atoms with E-state index in [4.69, 9.17) is 4.74 Å². The van der Waals surface area contributed by atoms with Gasteiger partial charge in [0.1, 0.15) is 6.61 Å². The third kappa shape index (κ3) is 6.26. The molecule has 0 radical (unpaired) electrons. The van der Waals surface area contributed by atoms with Gasteiger partial charge in [-0.15, -0.1) is 11.8 Å². The summed E-state index contributed by atoms with van der Waals surface area (Å²) >= 11 is 1.67. The number of carbonyl (C=O) groups excluding carboxylic acids is 2. The van der Waals surface area contributed by atoms with Crippen molar-refractivity contribution in [1.82, 2.24) is 9.80 Å². The molecule has 1 atom stereocenters. The van der Waals surface area contributed by atoms with Gasteiger partial charge in [-0.2, -0.15) is 0 Å². The highest BCUT2D eigenvalue weighted by molar-refractivity contribution is 8.02. The number of benzene rings is 1. The van der Waals surface area contributed by atoms with Gasteiger partial charge in [0.25, 0.3) is 0 Å². The first kappa shape index (κ1) is 21.8. The van der Waals surface area contributed by atoms with Crippen LogP contribution in [0.25, 0.3) is 6.08 Å². The van der Waals surface area contributed by atoms with Crippen LogP contribution in [-0.2, 0) is 9.53 Å². The maximum Gasteiger partial charge on any atom is 0.410 e. The van der Waals surface area contributed by atoms with E-state index in [1.54, 1.807) is 11.8 Å². The Labute approximate surface area is 178 Å². The van der Waals surface area contributed by atoms with Crippen molar-refractivity contribution in [2.75, 3.05) is 25.4 Å². The molecule has 2 saturated heterocycles. The summed E-state index contributed by atoms with van der Waals surface area (Å²) in [5.41, 5.74) is 1.17. The minimum Gasteiger partial charge on any atom is -0.447 e. The Kier molecular flexibility index (Phi) is 8.47. The van der Waals surface area contributed by atoms with Gasteiger partial charge in [0.15, 0.2) is 0 Å². The Hall–Kier alpha value is -1.95. The van der Waals surface area contributed by atoms with Gasteiger partial charge in [0, 0.05) is 31.3 Å². The van der Waals surface area contributed by atoms with Crippen LogP contribution in [0.2, 0.25) is 0 Å². The predicted molar refractivity (Wildman–Crippen MR) is 119 cm³/mol. The Morgan fingerprint density at radius 2 is 2.00 bits per heavy atom. The minimum absolute atomic E-state index is 0.169. The van der Waals surface area contributed by atoms with Crippen LogP contribution in [0.1, 0.15) is 51.0 Å². The fraction of sp³-hybridized carbons (Fsp3) is 0.565. The molecule has 0 aromatic heterocycles. The second-order valence-corrected chi connectivity index (χ2v) is 8.74. The van der Waals surface area contributed by atoms with E-state index in [0.717, 1.165) is 50.9 Å². The van der Waals surface area contributed by atoms with E-state index in [1.165, 1.54) is 5.56 Å². The van der Waals surface area contributed by atoms with Crippen LogP contribution >= 0.6 is 11.8 Å². The number of nitrogens with zero attached hydrogens (tertiary/aromatic N) is 2. The van der Waals surface area contributed by atoms with Crippen LogP contribution in [0.4, 0.5) is 4.79 Å². The number of ether oxygens (including phenoxy) is 1.